The summed E-state index contributed by atoms with van der Waals surface area (Å²) in [5.41, 5.74) is 0.775. The number of carboxylic acids is 1. The fraction of sp³-hybridized carbons (Fsp3) is 0. The number of nitrogens with zero attached hydrogens (tertiary/aromatic N) is 1. The standard InChI is InChI=1S/C20H11ClFNO3/c21-17-7-5-12(10-16(17)20(24)25)19-8-6-14(26-19)9-13(11-23)15-3-1-2-4-18(15)22/h1-10H,(H,24,25)/b13-9+. The number of allylic oxidation sites excluding steroid dienone is 1. The number of carboxylic acid groups (broad SMARTS) is 1. The number of rotatable bonds is 4. The van der Waals surface area contributed by atoms with Gasteiger partial charge in [0.05, 0.1) is 22.2 Å². The molecule has 0 aliphatic carbocycles. The molecule has 128 valence electrons. The van der Waals surface area contributed by atoms with Crippen LogP contribution in [0.2, 0.25) is 5.02 Å². The quantitative estimate of drug-likeness (QED) is 0.618. The zero-order chi connectivity index (χ0) is 18.7. The molecule has 0 saturated heterocycles. The van der Waals surface area contributed by atoms with Crippen molar-refractivity contribution < 1.29 is 18.7 Å². The van der Waals surface area contributed by atoms with E-state index in [1.807, 2.05) is 6.07 Å². The second kappa shape index (κ2) is 7.26. The van der Waals surface area contributed by atoms with Crippen molar-refractivity contribution in [2.24, 2.45) is 0 Å². The second-order valence-corrected chi connectivity index (χ2v) is 5.76. The van der Waals surface area contributed by atoms with Crippen molar-refractivity contribution in [2.45, 2.75) is 0 Å². The minimum absolute atomic E-state index is 0.0401. The number of halogens is 2. The number of nitriles is 1. The Balaban J connectivity index is 1.98. The molecule has 0 bridgehead atoms. The third-order valence-electron chi connectivity index (χ3n) is 3.68. The van der Waals surface area contributed by atoms with E-state index in [2.05, 4.69) is 0 Å². The van der Waals surface area contributed by atoms with E-state index < -0.39 is 11.8 Å². The fourth-order valence-electron chi connectivity index (χ4n) is 2.42. The molecule has 0 fully saturated rings. The van der Waals surface area contributed by atoms with Crippen LogP contribution in [0.1, 0.15) is 21.7 Å². The predicted octanol–water partition coefficient (Wildman–Crippen LogP) is 5.50. The van der Waals surface area contributed by atoms with Crippen LogP contribution in [0, 0.1) is 17.1 Å². The van der Waals surface area contributed by atoms with Gasteiger partial charge in [0.15, 0.2) is 0 Å². The first kappa shape index (κ1) is 17.5. The summed E-state index contributed by atoms with van der Waals surface area (Å²) in [5, 5.41) is 18.6. The van der Waals surface area contributed by atoms with Gasteiger partial charge in [0.25, 0.3) is 0 Å². The molecule has 0 saturated carbocycles. The Morgan fingerprint density at radius 1 is 1.15 bits per heavy atom. The lowest BCUT2D eigenvalue weighted by Crippen LogP contribution is -1.97. The van der Waals surface area contributed by atoms with E-state index in [1.165, 1.54) is 30.3 Å². The zero-order valence-electron chi connectivity index (χ0n) is 13.2. The SMILES string of the molecule is N#C/C(=C\c1ccc(-c2ccc(Cl)c(C(=O)O)c2)o1)c1ccccc1F. The van der Waals surface area contributed by atoms with E-state index in [9.17, 15) is 14.4 Å². The van der Waals surface area contributed by atoms with E-state index in [0.717, 1.165) is 0 Å². The van der Waals surface area contributed by atoms with Crippen LogP contribution in [0.25, 0.3) is 23.0 Å². The summed E-state index contributed by atoms with van der Waals surface area (Å²) in [6.07, 6.45) is 1.43. The first-order valence-corrected chi connectivity index (χ1v) is 7.87. The number of carbonyl (C=O) groups is 1. The van der Waals surface area contributed by atoms with E-state index in [-0.39, 0.29) is 21.7 Å². The lowest BCUT2D eigenvalue weighted by molar-refractivity contribution is 0.0697. The monoisotopic (exact) mass is 367 g/mol. The average molecular weight is 368 g/mol. The topological polar surface area (TPSA) is 74.2 Å². The molecule has 3 aromatic rings. The second-order valence-electron chi connectivity index (χ2n) is 5.35. The molecule has 1 aromatic heterocycles. The highest BCUT2D eigenvalue weighted by atomic mass is 35.5. The molecule has 3 rings (SSSR count). The van der Waals surface area contributed by atoms with Gasteiger partial charge in [0, 0.05) is 11.1 Å². The van der Waals surface area contributed by atoms with Gasteiger partial charge in [0.2, 0.25) is 0 Å². The van der Waals surface area contributed by atoms with Crippen LogP contribution in [0.3, 0.4) is 0 Å². The van der Waals surface area contributed by atoms with Crippen LogP contribution in [0.5, 0.6) is 0 Å². The summed E-state index contributed by atoms with van der Waals surface area (Å²) in [6.45, 7) is 0. The van der Waals surface area contributed by atoms with Crippen LogP contribution in [-0.4, -0.2) is 11.1 Å². The molecule has 0 spiro atoms. The maximum Gasteiger partial charge on any atom is 0.337 e. The molecule has 2 aromatic carbocycles. The van der Waals surface area contributed by atoms with Crippen LogP contribution < -0.4 is 0 Å². The summed E-state index contributed by atoms with van der Waals surface area (Å²) < 4.78 is 19.5. The number of hydrogen-bond acceptors (Lipinski definition) is 3. The van der Waals surface area contributed by atoms with E-state index in [4.69, 9.17) is 21.1 Å². The largest absolute Gasteiger partial charge is 0.478 e. The lowest BCUT2D eigenvalue weighted by atomic mass is 10.1. The number of benzene rings is 2. The molecular weight excluding hydrogens is 357 g/mol. The van der Waals surface area contributed by atoms with Gasteiger partial charge in [0.1, 0.15) is 17.3 Å². The van der Waals surface area contributed by atoms with Gasteiger partial charge in [-0.3, -0.25) is 0 Å². The van der Waals surface area contributed by atoms with Gasteiger partial charge in [-0.05, 0) is 42.5 Å². The number of aromatic carboxylic acids is 1. The maximum atomic E-state index is 13.9. The molecule has 1 N–H and O–H groups in total. The molecule has 0 aliphatic heterocycles. The van der Waals surface area contributed by atoms with Crippen LogP contribution in [0.15, 0.2) is 59.0 Å². The van der Waals surface area contributed by atoms with Crippen molar-refractivity contribution in [1.29, 1.82) is 5.26 Å². The Morgan fingerprint density at radius 3 is 2.62 bits per heavy atom. The summed E-state index contributed by atoms with van der Waals surface area (Å²) >= 11 is 5.86. The fourth-order valence-corrected chi connectivity index (χ4v) is 2.62. The van der Waals surface area contributed by atoms with E-state index in [0.29, 0.717) is 17.1 Å². The summed E-state index contributed by atoms with van der Waals surface area (Å²) in [7, 11) is 0. The maximum absolute atomic E-state index is 13.9. The van der Waals surface area contributed by atoms with E-state index in [1.54, 1.807) is 30.3 Å². The molecule has 4 nitrogen and oxygen atoms in total. The van der Waals surface area contributed by atoms with Crippen molar-refractivity contribution in [3.8, 4) is 17.4 Å². The summed E-state index contributed by atoms with van der Waals surface area (Å²) in [5.74, 6) is -0.904. The third kappa shape index (κ3) is 3.51. The number of furan rings is 1. The van der Waals surface area contributed by atoms with Crippen LogP contribution in [0.4, 0.5) is 4.39 Å². The van der Waals surface area contributed by atoms with Crippen molar-refractivity contribution in [3.63, 3.8) is 0 Å². The molecule has 1 heterocycles. The van der Waals surface area contributed by atoms with Crippen molar-refractivity contribution in [2.75, 3.05) is 0 Å². The predicted molar refractivity (Wildman–Crippen MR) is 96.0 cm³/mol. The Bertz CT molecular complexity index is 1060. The van der Waals surface area contributed by atoms with Crippen molar-refractivity contribution in [1.82, 2.24) is 0 Å². The molecule has 0 unspecified atom stereocenters. The molecule has 0 amide bonds. The van der Waals surface area contributed by atoms with Crippen LogP contribution in [-0.2, 0) is 0 Å². The minimum atomic E-state index is -1.14. The molecular formula is C20H11ClFNO3. The highest BCUT2D eigenvalue weighted by molar-refractivity contribution is 6.33. The molecule has 6 heteroatoms. The van der Waals surface area contributed by atoms with Gasteiger partial charge >= 0.3 is 5.97 Å². The van der Waals surface area contributed by atoms with Gasteiger partial charge in [-0.15, -0.1) is 0 Å². The zero-order valence-corrected chi connectivity index (χ0v) is 14.0. The first-order chi connectivity index (χ1) is 12.5. The third-order valence-corrected chi connectivity index (χ3v) is 4.01. The molecule has 0 radical (unpaired) electrons. The Kier molecular flexibility index (Phi) is 4.87. The molecule has 26 heavy (non-hydrogen) atoms. The number of hydrogen-bond donors (Lipinski definition) is 1. The van der Waals surface area contributed by atoms with E-state index >= 15 is 0 Å². The van der Waals surface area contributed by atoms with Crippen molar-refractivity contribution >= 4 is 29.2 Å². The van der Waals surface area contributed by atoms with Gasteiger partial charge in [-0.25, -0.2) is 9.18 Å². The summed E-state index contributed by atoms with van der Waals surface area (Å²) in [4.78, 5) is 11.2. The van der Waals surface area contributed by atoms with Gasteiger partial charge in [-0.1, -0.05) is 29.8 Å². The first-order valence-electron chi connectivity index (χ1n) is 7.49. The highest BCUT2D eigenvalue weighted by Crippen LogP contribution is 2.28. The molecule has 0 aliphatic rings. The Morgan fingerprint density at radius 2 is 1.92 bits per heavy atom. The molecule has 0 atom stereocenters. The van der Waals surface area contributed by atoms with Gasteiger partial charge in [-0.2, -0.15) is 5.26 Å². The van der Waals surface area contributed by atoms with Gasteiger partial charge < -0.3 is 9.52 Å². The van der Waals surface area contributed by atoms with Crippen molar-refractivity contribution in [3.05, 3.63) is 82.3 Å². The lowest BCUT2D eigenvalue weighted by Gasteiger charge is -2.02. The summed E-state index contributed by atoms with van der Waals surface area (Å²) in [6, 6.07) is 15.7. The normalized spacial score (nSPS) is 11.2. The average Bonchev–Trinajstić information content (AvgIpc) is 3.09. The Hall–Kier alpha value is -3.36. The smallest absolute Gasteiger partial charge is 0.337 e. The minimum Gasteiger partial charge on any atom is -0.478 e. The highest BCUT2D eigenvalue weighted by Gasteiger charge is 2.13. The van der Waals surface area contributed by atoms with Crippen LogP contribution >= 0.6 is 11.6 Å². The Labute approximate surface area is 153 Å².